The zero-order valence-electron chi connectivity index (χ0n) is 10.1. The van der Waals surface area contributed by atoms with E-state index in [0.29, 0.717) is 18.3 Å². The Morgan fingerprint density at radius 2 is 2.22 bits per heavy atom. The molecule has 2 aromatic rings. The van der Waals surface area contributed by atoms with Crippen molar-refractivity contribution >= 4 is 22.3 Å². The molecule has 0 unspecified atom stereocenters. The van der Waals surface area contributed by atoms with Gasteiger partial charge < -0.3 is 5.32 Å². The summed E-state index contributed by atoms with van der Waals surface area (Å²) < 4.78 is 1.90. The maximum Gasteiger partial charge on any atom is 0.324 e. The highest BCUT2D eigenvalue weighted by atomic mass is 32.1. The fourth-order valence-corrected chi connectivity index (χ4v) is 2.43. The monoisotopic (exact) mass is 267 g/mol. The molecule has 18 heavy (non-hydrogen) atoms. The minimum atomic E-state index is -0.397. The standard InChI is InChI=1S/C10H13N5O2S/c1-3-11-10-13-12-9(14(10)4-2)7-5-6-8(18-7)15(16)17/h5-6H,3-4H2,1-2H3,(H,11,13). The number of thiophene rings is 1. The van der Waals surface area contributed by atoms with Crippen LogP contribution in [0.3, 0.4) is 0 Å². The quantitative estimate of drug-likeness (QED) is 0.664. The maximum absolute atomic E-state index is 10.7. The molecule has 0 aromatic carbocycles. The second-order valence-electron chi connectivity index (χ2n) is 3.52. The van der Waals surface area contributed by atoms with Crippen LogP contribution >= 0.6 is 11.3 Å². The van der Waals surface area contributed by atoms with E-state index in [0.717, 1.165) is 22.8 Å². The highest BCUT2D eigenvalue weighted by Gasteiger charge is 2.17. The molecule has 0 radical (unpaired) electrons. The molecule has 0 atom stereocenters. The van der Waals surface area contributed by atoms with Gasteiger partial charge in [0.2, 0.25) is 5.95 Å². The first-order valence-electron chi connectivity index (χ1n) is 5.59. The number of nitro groups is 1. The van der Waals surface area contributed by atoms with Gasteiger partial charge >= 0.3 is 5.00 Å². The van der Waals surface area contributed by atoms with Gasteiger partial charge in [-0.25, -0.2) is 0 Å². The van der Waals surface area contributed by atoms with Crippen LogP contribution in [0.2, 0.25) is 0 Å². The second kappa shape index (κ2) is 5.13. The van der Waals surface area contributed by atoms with Crippen LogP contribution in [0.1, 0.15) is 13.8 Å². The van der Waals surface area contributed by atoms with Crippen LogP contribution in [0.25, 0.3) is 10.7 Å². The lowest BCUT2D eigenvalue weighted by Crippen LogP contribution is -2.06. The number of aromatic nitrogens is 3. The van der Waals surface area contributed by atoms with Crippen molar-refractivity contribution in [3.8, 4) is 10.7 Å². The molecule has 0 aliphatic heterocycles. The normalized spacial score (nSPS) is 10.6. The van der Waals surface area contributed by atoms with Gasteiger partial charge in [0, 0.05) is 19.2 Å². The average Bonchev–Trinajstić information content (AvgIpc) is 2.94. The van der Waals surface area contributed by atoms with Crippen molar-refractivity contribution in [3.05, 3.63) is 22.2 Å². The fraction of sp³-hybridized carbons (Fsp3) is 0.400. The Hall–Kier alpha value is -1.96. The zero-order chi connectivity index (χ0) is 13.1. The zero-order valence-corrected chi connectivity index (χ0v) is 10.9. The first-order valence-corrected chi connectivity index (χ1v) is 6.40. The molecule has 0 fully saturated rings. The van der Waals surface area contributed by atoms with Crippen molar-refractivity contribution in [1.29, 1.82) is 0 Å². The Labute approximate surface area is 108 Å². The molecule has 2 rings (SSSR count). The number of hydrogen-bond donors (Lipinski definition) is 1. The molecule has 0 amide bonds. The van der Waals surface area contributed by atoms with E-state index in [9.17, 15) is 10.1 Å². The molecule has 96 valence electrons. The smallest absolute Gasteiger partial charge is 0.324 e. The summed E-state index contributed by atoms with van der Waals surface area (Å²) in [6, 6.07) is 3.19. The van der Waals surface area contributed by atoms with Gasteiger partial charge in [-0.05, 0) is 19.9 Å². The van der Waals surface area contributed by atoms with Crippen molar-refractivity contribution < 1.29 is 4.92 Å². The molecule has 0 saturated carbocycles. The van der Waals surface area contributed by atoms with Gasteiger partial charge in [-0.15, -0.1) is 10.2 Å². The van der Waals surface area contributed by atoms with Crippen LogP contribution in [-0.4, -0.2) is 26.2 Å². The van der Waals surface area contributed by atoms with Crippen LogP contribution in [0, 0.1) is 10.1 Å². The van der Waals surface area contributed by atoms with Crippen LogP contribution in [-0.2, 0) is 6.54 Å². The molecular formula is C10H13N5O2S. The van der Waals surface area contributed by atoms with Crippen molar-refractivity contribution in [3.63, 3.8) is 0 Å². The summed E-state index contributed by atoms with van der Waals surface area (Å²) in [6.45, 7) is 5.42. The van der Waals surface area contributed by atoms with E-state index in [2.05, 4.69) is 15.5 Å². The van der Waals surface area contributed by atoms with Gasteiger partial charge in [0.25, 0.3) is 0 Å². The highest BCUT2D eigenvalue weighted by molar-refractivity contribution is 7.18. The summed E-state index contributed by atoms with van der Waals surface area (Å²) in [5.41, 5.74) is 0. The van der Waals surface area contributed by atoms with E-state index in [-0.39, 0.29) is 5.00 Å². The van der Waals surface area contributed by atoms with Gasteiger partial charge in [0.1, 0.15) is 0 Å². The molecule has 0 aliphatic rings. The lowest BCUT2D eigenvalue weighted by molar-refractivity contribution is -0.380. The third kappa shape index (κ3) is 2.19. The van der Waals surface area contributed by atoms with Crippen LogP contribution in [0.4, 0.5) is 10.9 Å². The second-order valence-corrected chi connectivity index (χ2v) is 4.58. The number of rotatable bonds is 5. The van der Waals surface area contributed by atoms with E-state index < -0.39 is 4.92 Å². The molecule has 8 heteroatoms. The minimum Gasteiger partial charge on any atom is -0.355 e. The van der Waals surface area contributed by atoms with Crippen molar-refractivity contribution in [1.82, 2.24) is 14.8 Å². The van der Waals surface area contributed by atoms with Gasteiger partial charge in [-0.1, -0.05) is 11.3 Å². The summed E-state index contributed by atoms with van der Waals surface area (Å²) >= 11 is 1.10. The Bertz CT molecular complexity index is 562. The molecule has 2 aromatic heterocycles. The average molecular weight is 267 g/mol. The summed E-state index contributed by atoms with van der Waals surface area (Å²) in [5.74, 6) is 1.35. The van der Waals surface area contributed by atoms with Crippen LogP contribution in [0.5, 0.6) is 0 Å². The number of anilines is 1. The topological polar surface area (TPSA) is 85.9 Å². The van der Waals surface area contributed by atoms with Gasteiger partial charge in [0.15, 0.2) is 5.82 Å². The van der Waals surface area contributed by atoms with Crippen LogP contribution < -0.4 is 5.32 Å². The van der Waals surface area contributed by atoms with Gasteiger partial charge in [-0.2, -0.15) is 0 Å². The van der Waals surface area contributed by atoms with Gasteiger partial charge in [0.05, 0.1) is 9.80 Å². The summed E-state index contributed by atoms with van der Waals surface area (Å²) in [5, 5.41) is 22.0. The lowest BCUT2D eigenvalue weighted by Gasteiger charge is -2.06. The fourth-order valence-electron chi connectivity index (χ4n) is 1.62. The van der Waals surface area contributed by atoms with E-state index in [4.69, 9.17) is 0 Å². The predicted octanol–water partition coefficient (Wildman–Crippen LogP) is 2.37. The Balaban J connectivity index is 2.40. The largest absolute Gasteiger partial charge is 0.355 e. The molecule has 0 bridgehead atoms. The summed E-state index contributed by atoms with van der Waals surface area (Å²) in [6.07, 6.45) is 0. The molecule has 0 saturated heterocycles. The van der Waals surface area contributed by atoms with Crippen LogP contribution in [0.15, 0.2) is 12.1 Å². The maximum atomic E-state index is 10.7. The van der Waals surface area contributed by atoms with Crippen molar-refractivity contribution in [2.75, 3.05) is 11.9 Å². The third-order valence-electron chi connectivity index (χ3n) is 2.39. The first kappa shape index (κ1) is 12.5. The van der Waals surface area contributed by atoms with E-state index in [1.807, 2.05) is 18.4 Å². The molecule has 0 aliphatic carbocycles. The predicted molar refractivity (Wildman–Crippen MR) is 69.8 cm³/mol. The number of nitrogens with one attached hydrogen (secondary N) is 1. The third-order valence-corrected chi connectivity index (χ3v) is 3.43. The lowest BCUT2D eigenvalue weighted by atomic mass is 10.4. The highest BCUT2D eigenvalue weighted by Crippen LogP contribution is 2.32. The SMILES string of the molecule is CCNc1nnc(-c2ccc([N+](=O)[O-])s2)n1CC. The molecule has 1 N–H and O–H groups in total. The minimum absolute atomic E-state index is 0.112. The number of nitrogens with zero attached hydrogens (tertiary/aromatic N) is 4. The Morgan fingerprint density at radius 1 is 1.44 bits per heavy atom. The van der Waals surface area contributed by atoms with Crippen molar-refractivity contribution in [2.24, 2.45) is 0 Å². The Morgan fingerprint density at radius 3 is 2.78 bits per heavy atom. The molecular weight excluding hydrogens is 254 g/mol. The molecule has 2 heterocycles. The van der Waals surface area contributed by atoms with E-state index in [1.54, 1.807) is 6.07 Å². The van der Waals surface area contributed by atoms with E-state index in [1.165, 1.54) is 6.07 Å². The Kier molecular flexibility index (Phi) is 3.56. The summed E-state index contributed by atoms with van der Waals surface area (Å²) in [7, 11) is 0. The number of hydrogen-bond acceptors (Lipinski definition) is 6. The van der Waals surface area contributed by atoms with Crippen molar-refractivity contribution in [2.45, 2.75) is 20.4 Å². The first-order chi connectivity index (χ1) is 8.67. The molecule has 0 spiro atoms. The molecule has 7 nitrogen and oxygen atoms in total. The van der Waals surface area contributed by atoms with E-state index >= 15 is 0 Å². The van der Waals surface area contributed by atoms with Gasteiger partial charge in [-0.3, -0.25) is 14.7 Å². The summed E-state index contributed by atoms with van der Waals surface area (Å²) in [4.78, 5) is 11.0.